The van der Waals surface area contributed by atoms with Crippen LogP contribution in [0.4, 0.5) is 0 Å². The molecular weight excluding hydrogens is 314 g/mol. The fraction of sp³-hybridized carbons (Fsp3) is 0.812. The number of rotatable bonds is 5. The van der Waals surface area contributed by atoms with Crippen molar-refractivity contribution in [2.24, 2.45) is 5.92 Å². The summed E-state index contributed by atoms with van der Waals surface area (Å²) in [4.78, 5) is 0. The fourth-order valence-electron chi connectivity index (χ4n) is 3.27. The molecule has 1 aliphatic rings. The number of hydrogen-bond donors (Lipinski definition) is 1. The van der Waals surface area contributed by atoms with Crippen molar-refractivity contribution >= 4 is 15.9 Å². The van der Waals surface area contributed by atoms with Gasteiger partial charge in [-0.1, -0.05) is 25.7 Å². The molecule has 0 saturated heterocycles. The third kappa shape index (κ3) is 3.85. The second-order valence-electron chi connectivity index (χ2n) is 6.08. The first-order chi connectivity index (χ1) is 9.63. The van der Waals surface area contributed by atoms with E-state index in [-0.39, 0.29) is 0 Å². The normalized spacial score (nSPS) is 19.0. The number of nitrogens with one attached hydrogen (secondary N) is 1. The van der Waals surface area contributed by atoms with Gasteiger partial charge in [-0.25, -0.2) is 0 Å². The maximum absolute atomic E-state index is 4.56. The monoisotopic (exact) mass is 341 g/mol. The maximum atomic E-state index is 4.56. The van der Waals surface area contributed by atoms with Crippen LogP contribution in [0.5, 0.6) is 0 Å². The van der Waals surface area contributed by atoms with Gasteiger partial charge < -0.3 is 5.32 Å². The molecule has 0 aliphatic heterocycles. The minimum Gasteiger partial charge on any atom is -0.308 e. The van der Waals surface area contributed by atoms with E-state index in [4.69, 9.17) is 0 Å². The zero-order valence-corrected chi connectivity index (χ0v) is 14.7. The molecule has 1 aromatic heterocycles. The fourth-order valence-corrected chi connectivity index (χ4v) is 3.70. The van der Waals surface area contributed by atoms with Crippen LogP contribution in [0.3, 0.4) is 0 Å². The van der Waals surface area contributed by atoms with E-state index in [1.165, 1.54) is 48.7 Å². The molecule has 0 bridgehead atoms. The van der Waals surface area contributed by atoms with Gasteiger partial charge in [0.05, 0.1) is 15.9 Å². The van der Waals surface area contributed by atoms with Crippen LogP contribution in [0.2, 0.25) is 0 Å². The summed E-state index contributed by atoms with van der Waals surface area (Å²) in [5, 5.41) is 8.30. The van der Waals surface area contributed by atoms with Crippen LogP contribution in [0, 0.1) is 12.8 Å². The van der Waals surface area contributed by atoms with Crippen molar-refractivity contribution in [1.29, 1.82) is 0 Å². The van der Waals surface area contributed by atoms with Gasteiger partial charge in [0.15, 0.2) is 0 Å². The molecule has 20 heavy (non-hydrogen) atoms. The average Bonchev–Trinajstić information content (AvgIpc) is 2.67. The van der Waals surface area contributed by atoms with Gasteiger partial charge in [-0.05, 0) is 55.5 Å². The van der Waals surface area contributed by atoms with Crippen molar-refractivity contribution in [3.8, 4) is 0 Å². The molecule has 1 atom stereocenters. The van der Waals surface area contributed by atoms with Gasteiger partial charge in [0, 0.05) is 19.1 Å². The summed E-state index contributed by atoms with van der Waals surface area (Å²) in [7, 11) is 0. The Kier molecular flexibility index (Phi) is 6.09. The van der Waals surface area contributed by atoms with Crippen LogP contribution in [0.1, 0.15) is 63.8 Å². The first-order valence-corrected chi connectivity index (χ1v) is 8.88. The highest BCUT2D eigenvalue weighted by Gasteiger charge is 2.20. The van der Waals surface area contributed by atoms with Gasteiger partial charge in [0.1, 0.15) is 0 Å². The lowest BCUT2D eigenvalue weighted by molar-refractivity contribution is 0.333. The smallest absolute Gasteiger partial charge is 0.0739 e. The predicted molar refractivity (Wildman–Crippen MR) is 87.8 cm³/mol. The summed E-state index contributed by atoms with van der Waals surface area (Å²) in [5.41, 5.74) is 2.37. The molecular formula is C16H28BrN3. The summed E-state index contributed by atoms with van der Waals surface area (Å²) in [6.45, 7) is 8.41. The van der Waals surface area contributed by atoms with E-state index in [0.717, 1.165) is 24.7 Å². The van der Waals surface area contributed by atoms with Crippen molar-refractivity contribution in [2.75, 3.05) is 0 Å². The van der Waals surface area contributed by atoms with Crippen molar-refractivity contribution in [2.45, 2.75) is 78.4 Å². The Morgan fingerprint density at radius 3 is 2.55 bits per heavy atom. The molecule has 0 radical (unpaired) electrons. The van der Waals surface area contributed by atoms with Crippen LogP contribution in [0.15, 0.2) is 4.47 Å². The zero-order valence-electron chi connectivity index (χ0n) is 13.1. The molecule has 1 heterocycles. The van der Waals surface area contributed by atoms with E-state index in [0.29, 0.717) is 6.04 Å². The van der Waals surface area contributed by atoms with Gasteiger partial charge in [0.25, 0.3) is 0 Å². The summed E-state index contributed by atoms with van der Waals surface area (Å²) < 4.78 is 3.27. The first kappa shape index (κ1) is 16.0. The molecule has 0 aromatic carbocycles. The van der Waals surface area contributed by atoms with E-state index in [1.54, 1.807) is 0 Å². The molecule has 1 saturated carbocycles. The van der Waals surface area contributed by atoms with Gasteiger partial charge in [0.2, 0.25) is 0 Å². The van der Waals surface area contributed by atoms with E-state index in [9.17, 15) is 0 Å². The molecule has 1 fully saturated rings. The van der Waals surface area contributed by atoms with Crippen LogP contribution in [0.25, 0.3) is 0 Å². The molecule has 0 spiro atoms. The van der Waals surface area contributed by atoms with E-state index in [1.807, 2.05) is 0 Å². The number of aromatic nitrogens is 2. The van der Waals surface area contributed by atoms with E-state index in [2.05, 4.69) is 51.8 Å². The number of hydrogen-bond acceptors (Lipinski definition) is 2. The topological polar surface area (TPSA) is 29.9 Å². The molecule has 2 rings (SSSR count). The van der Waals surface area contributed by atoms with Crippen molar-refractivity contribution in [1.82, 2.24) is 15.1 Å². The summed E-state index contributed by atoms with van der Waals surface area (Å²) in [5.74, 6) is 0.843. The average molecular weight is 342 g/mol. The molecule has 1 aromatic rings. The molecule has 0 unspecified atom stereocenters. The lowest BCUT2D eigenvalue weighted by Gasteiger charge is -2.24. The highest BCUT2D eigenvalue weighted by molar-refractivity contribution is 9.10. The second kappa shape index (κ2) is 7.60. The Bertz CT molecular complexity index is 420. The van der Waals surface area contributed by atoms with Gasteiger partial charge in [-0.3, -0.25) is 4.68 Å². The minimum atomic E-state index is 0.598. The lowest BCUT2D eigenvalue weighted by atomic mass is 9.93. The van der Waals surface area contributed by atoms with Gasteiger partial charge in [-0.15, -0.1) is 0 Å². The van der Waals surface area contributed by atoms with Crippen molar-refractivity contribution in [3.05, 3.63) is 15.9 Å². The van der Waals surface area contributed by atoms with Crippen molar-refractivity contribution in [3.63, 3.8) is 0 Å². The SMILES string of the molecule is CCn1nc(C)c(Br)c1CN[C@H](C)C1CCCCCC1. The molecule has 1 N–H and O–H groups in total. The van der Waals surface area contributed by atoms with E-state index < -0.39 is 0 Å². The number of nitrogens with zero attached hydrogens (tertiary/aromatic N) is 2. The zero-order chi connectivity index (χ0) is 14.5. The largest absolute Gasteiger partial charge is 0.308 e. The Morgan fingerprint density at radius 2 is 1.95 bits per heavy atom. The van der Waals surface area contributed by atoms with Crippen LogP contribution in [-0.2, 0) is 13.1 Å². The molecule has 114 valence electrons. The Morgan fingerprint density at radius 1 is 1.30 bits per heavy atom. The molecule has 1 aliphatic carbocycles. The maximum Gasteiger partial charge on any atom is 0.0739 e. The number of halogens is 1. The Balaban J connectivity index is 1.94. The second-order valence-corrected chi connectivity index (χ2v) is 6.88. The van der Waals surface area contributed by atoms with Crippen LogP contribution >= 0.6 is 15.9 Å². The molecule has 4 heteroatoms. The van der Waals surface area contributed by atoms with Crippen molar-refractivity contribution < 1.29 is 0 Å². The van der Waals surface area contributed by atoms with Crippen LogP contribution < -0.4 is 5.32 Å². The van der Waals surface area contributed by atoms with E-state index >= 15 is 0 Å². The Labute approximate surface area is 131 Å². The van der Waals surface area contributed by atoms with Gasteiger partial charge in [-0.2, -0.15) is 5.10 Å². The third-order valence-electron chi connectivity index (χ3n) is 4.65. The standard InChI is InChI=1S/C16H28BrN3/c1-4-20-15(16(17)13(3)19-20)11-18-12(2)14-9-7-5-6-8-10-14/h12,14,18H,4-11H2,1-3H3/t12-/m1/s1. The quantitative estimate of drug-likeness (QED) is 0.803. The number of aryl methyl sites for hydroxylation is 2. The summed E-state index contributed by atoms with van der Waals surface area (Å²) in [6.07, 6.45) is 8.45. The third-order valence-corrected chi connectivity index (χ3v) is 5.68. The highest BCUT2D eigenvalue weighted by Crippen LogP contribution is 2.26. The first-order valence-electron chi connectivity index (χ1n) is 8.08. The predicted octanol–water partition coefficient (Wildman–Crippen LogP) is 4.42. The minimum absolute atomic E-state index is 0.598. The highest BCUT2D eigenvalue weighted by atomic mass is 79.9. The summed E-state index contributed by atoms with van der Waals surface area (Å²) in [6, 6.07) is 0.598. The molecule has 0 amide bonds. The van der Waals surface area contributed by atoms with Crippen LogP contribution in [-0.4, -0.2) is 15.8 Å². The Hall–Kier alpha value is -0.350. The lowest BCUT2D eigenvalue weighted by Crippen LogP contribution is -2.33. The molecule has 3 nitrogen and oxygen atoms in total. The van der Waals surface area contributed by atoms with Gasteiger partial charge >= 0.3 is 0 Å². The summed E-state index contributed by atoms with van der Waals surface area (Å²) >= 11 is 3.68.